The maximum atomic E-state index is 2.40. The average molecular weight is 282 g/mol. The van der Waals surface area contributed by atoms with E-state index >= 15 is 0 Å². The Bertz CT molecular complexity index is 70.5. The summed E-state index contributed by atoms with van der Waals surface area (Å²) in [7, 11) is 0. The third-order valence-electron chi connectivity index (χ3n) is 2.00. The van der Waals surface area contributed by atoms with E-state index in [0.29, 0.717) is 0 Å². The Morgan fingerprint density at radius 1 is 0.636 bits per heavy atom. The van der Waals surface area contributed by atoms with Crippen molar-refractivity contribution >= 4 is 14.3 Å². The Balaban J connectivity index is 0. The number of rotatable bonds is 3. The van der Waals surface area contributed by atoms with Gasteiger partial charge in [0.2, 0.25) is 0 Å². The predicted octanol–water partition coefficient (Wildman–Crippen LogP) is 0.715. The van der Waals surface area contributed by atoms with Crippen LogP contribution in [0, 0.1) is 0 Å². The van der Waals surface area contributed by atoms with Crippen molar-refractivity contribution in [2.75, 3.05) is 0 Å². The quantitative estimate of drug-likeness (QED) is 0.669. The molecule has 0 aliphatic carbocycles. The van der Waals surface area contributed by atoms with E-state index in [9.17, 15) is 0 Å². The van der Waals surface area contributed by atoms with Crippen molar-refractivity contribution in [3.63, 3.8) is 0 Å². The van der Waals surface area contributed by atoms with Gasteiger partial charge in [-0.2, -0.15) is 0 Å². The minimum Gasteiger partial charge on any atom is -1.00 e. The second-order valence-electron chi connectivity index (χ2n) is 3.96. The van der Waals surface area contributed by atoms with E-state index in [0.717, 1.165) is 14.3 Å². The molecule has 0 N–H and O–H groups in total. The molecule has 0 nitrogen and oxygen atoms in total. The SMILES string of the molecule is C[CH](C)[Ge+]([CH](C)C)[CH](C)C.[Br-]. The summed E-state index contributed by atoms with van der Waals surface area (Å²) in [5, 5.41) is 0. The van der Waals surface area contributed by atoms with E-state index < -0.39 is 14.3 Å². The summed E-state index contributed by atoms with van der Waals surface area (Å²) < 4.78 is 3.00. The summed E-state index contributed by atoms with van der Waals surface area (Å²) in [6.45, 7) is 14.4. The third-order valence-corrected chi connectivity index (χ3v) is 10.4. The summed E-state index contributed by atoms with van der Waals surface area (Å²) in [6.07, 6.45) is 0. The Hall–Kier alpha value is 1.02. The molecule has 0 aromatic carbocycles. The van der Waals surface area contributed by atoms with Crippen molar-refractivity contribution in [2.24, 2.45) is 0 Å². The molecule has 0 spiro atoms. The van der Waals surface area contributed by atoms with Crippen LogP contribution >= 0.6 is 0 Å². The number of hydrogen-bond acceptors (Lipinski definition) is 0. The second kappa shape index (κ2) is 6.53. The minimum absolute atomic E-state index is 0. The van der Waals surface area contributed by atoms with Crippen LogP contribution in [0.5, 0.6) is 0 Å². The molecule has 2 heteroatoms. The molecule has 0 aromatic rings. The molecule has 0 radical (unpaired) electrons. The van der Waals surface area contributed by atoms with Gasteiger partial charge in [0.25, 0.3) is 0 Å². The van der Waals surface area contributed by atoms with E-state index in [2.05, 4.69) is 41.5 Å². The van der Waals surface area contributed by atoms with Gasteiger partial charge in [-0.15, -0.1) is 0 Å². The molecule has 0 rings (SSSR count). The summed E-state index contributed by atoms with van der Waals surface area (Å²) in [4.78, 5) is 0. The van der Waals surface area contributed by atoms with Gasteiger partial charge in [0.1, 0.15) is 0 Å². The molecular weight excluding hydrogens is 261 g/mol. The van der Waals surface area contributed by atoms with Gasteiger partial charge in [0.05, 0.1) is 0 Å². The molecule has 0 atom stereocenters. The normalized spacial score (nSPS) is 10.6. The van der Waals surface area contributed by atoms with Crippen molar-refractivity contribution < 1.29 is 17.0 Å². The molecule has 0 fully saturated rings. The fraction of sp³-hybridized carbons (Fsp3) is 1.00. The van der Waals surface area contributed by atoms with Gasteiger partial charge >= 0.3 is 70.1 Å². The predicted molar refractivity (Wildman–Crippen MR) is 51.0 cm³/mol. The zero-order valence-corrected chi connectivity index (χ0v) is 12.3. The van der Waals surface area contributed by atoms with Crippen LogP contribution in [-0.2, 0) is 0 Å². The Morgan fingerprint density at radius 3 is 0.818 bits per heavy atom. The first kappa shape index (κ1) is 14.5. The summed E-state index contributed by atoms with van der Waals surface area (Å²) in [5.74, 6) is 0. The Kier molecular flexibility index (Phi) is 8.63. The molecular formula is C9H21BrGe. The molecule has 0 heterocycles. The maximum absolute atomic E-state index is 2.40. The molecule has 0 bridgehead atoms. The zero-order chi connectivity index (χ0) is 8.31. The van der Waals surface area contributed by atoms with Crippen LogP contribution in [0.4, 0.5) is 0 Å². The Morgan fingerprint density at radius 2 is 0.818 bits per heavy atom. The summed E-state index contributed by atoms with van der Waals surface area (Å²) in [6, 6.07) is 0. The van der Waals surface area contributed by atoms with Crippen LogP contribution < -0.4 is 17.0 Å². The van der Waals surface area contributed by atoms with Crippen molar-refractivity contribution in [1.29, 1.82) is 0 Å². The third kappa shape index (κ3) is 5.29. The molecule has 0 saturated carbocycles. The van der Waals surface area contributed by atoms with Crippen LogP contribution in [0.25, 0.3) is 0 Å². The first-order valence-corrected chi connectivity index (χ1v) is 7.96. The fourth-order valence-corrected chi connectivity index (χ4v) is 10.4. The van der Waals surface area contributed by atoms with Crippen LogP contribution in [0.15, 0.2) is 0 Å². The van der Waals surface area contributed by atoms with E-state index in [1.54, 1.807) is 0 Å². The zero-order valence-electron chi connectivity index (χ0n) is 8.61. The topological polar surface area (TPSA) is 0 Å². The summed E-state index contributed by atoms with van der Waals surface area (Å²) >= 11 is -0.722. The van der Waals surface area contributed by atoms with Gasteiger partial charge in [-0.3, -0.25) is 0 Å². The van der Waals surface area contributed by atoms with Crippen LogP contribution in [0.3, 0.4) is 0 Å². The smallest absolute Gasteiger partial charge is 1.00 e. The van der Waals surface area contributed by atoms with Gasteiger partial charge in [-0.25, -0.2) is 0 Å². The van der Waals surface area contributed by atoms with Crippen molar-refractivity contribution in [3.8, 4) is 0 Å². The molecule has 0 aromatic heterocycles. The molecule has 0 saturated heterocycles. The van der Waals surface area contributed by atoms with E-state index in [4.69, 9.17) is 0 Å². The molecule has 0 unspecified atom stereocenters. The standard InChI is InChI=1S/C9H21Ge.BrH/c1-7(2)10(8(3)4)9(5)6;/h7-9H,1-6H3;1H/q+1;/p-1. The van der Waals surface area contributed by atoms with Gasteiger partial charge in [-0.05, 0) is 0 Å². The van der Waals surface area contributed by atoms with Crippen molar-refractivity contribution in [2.45, 2.75) is 55.8 Å². The first-order chi connectivity index (χ1) is 4.46. The van der Waals surface area contributed by atoms with Crippen LogP contribution in [0.1, 0.15) is 41.5 Å². The van der Waals surface area contributed by atoms with Gasteiger partial charge in [0.15, 0.2) is 0 Å². The Labute approximate surface area is 87.0 Å². The number of hydrogen-bond donors (Lipinski definition) is 0. The average Bonchev–Trinajstić information content (AvgIpc) is 1.59. The number of halogens is 1. The van der Waals surface area contributed by atoms with Crippen molar-refractivity contribution in [1.82, 2.24) is 0 Å². The van der Waals surface area contributed by atoms with Crippen LogP contribution in [0.2, 0.25) is 14.3 Å². The molecule has 68 valence electrons. The van der Waals surface area contributed by atoms with Crippen molar-refractivity contribution in [3.05, 3.63) is 0 Å². The van der Waals surface area contributed by atoms with E-state index in [1.807, 2.05) is 0 Å². The van der Waals surface area contributed by atoms with Gasteiger partial charge in [0, 0.05) is 0 Å². The second-order valence-corrected chi connectivity index (χ2v) is 13.3. The summed E-state index contributed by atoms with van der Waals surface area (Å²) in [5.41, 5.74) is 0. The minimum atomic E-state index is -0.722. The van der Waals surface area contributed by atoms with Crippen LogP contribution in [-0.4, -0.2) is 14.3 Å². The van der Waals surface area contributed by atoms with Gasteiger partial charge in [-0.1, -0.05) is 0 Å². The fourth-order valence-electron chi connectivity index (χ4n) is 2.00. The monoisotopic (exact) mass is 282 g/mol. The molecule has 0 aliphatic heterocycles. The van der Waals surface area contributed by atoms with E-state index in [-0.39, 0.29) is 17.0 Å². The molecule has 11 heavy (non-hydrogen) atoms. The van der Waals surface area contributed by atoms with Gasteiger partial charge < -0.3 is 17.0 Å². The largest absolute Gasteiger partial charge is 1.00 e. The first-order valence-electron chi connectivity index (χ1n) is 4.33. The molecule has 0 amide bonds. The van der Waals surface area contributed by atoms with E-state index in [1.165, 1.54) is 0 Å². The molecule has 0 aliphatic rings. The maximum Gasteiger partial charge on any atom is -1.00 e.